The molecule has 0 unspecified atom stereocenters. The summed E-state index contributed by atoms with van der Waals surface area (Å²) in [5.74, 6) is -1.45. The fourth-order valence-electron chi connectivity index (χ4n) is 2.67. The molecule has 3 heterocycles. The van der Waals surface area contributed by atoms with Crippen LogP contribution in [0.15, 0.2) is 12.2 Å². The van der Waals surface area contributed by atoms with E-state index in [2.05, 4.69) is 4.74 Å². The standard InChI is InChI=1S/C10H10O5/c1-13-9(12)10-3-2-6(15-10)5-4-14-8(11)7(5)10/h2-3,5-7H,4H2,1H3/t5-,6-,7-,10+/m1/s1. The molecule has 80 valence electrons. The zero-order chi connectivity index (χ0) is 10.6. The Hall–Kier alpha value is -1.36. The maximum absolute atomic E-state index is 11.7. The van der Waals surface area contributed by atoms with E-state index < -0.39 is 17.5 Å². The first-order valence-electron chi connectivity index (χ1n) is 4.81. The summed E-state index contributed by atoms with van der Waals surface area (Å²) in [6.45, 7) is 0.331. The number of ether oxygens (including phenoxy) is 3. The van der Waals surface area contributed by atoms with Crippen LogP contribution in [-0.2, 0) is 23.8 Å². The summed E-state index contributed by atoms with van der Waals surface area (Å²) in [6, 6.07) is 0. The van der Waals surface area contributed by atoms with Crippen molar-refractivity contribution < 1.29 is 23.8 Å². The molecule has 0 N–H and O–H groups in total. The van der Waals surface area contributed by atoms with Gasteiger partial charge in [0.25, 0.3) is 0 Å². The fourth-order valence-corrected chi connectivity index (χ4v) is 2.67. The van der Waals surface area contributed by atoms with Crippen LogP contribution >= 0.6 is 0 Å². The molecule has 15 heavy (non-hydrogen) atoms. The molecule has 0 radical (unpaired) electrons. The average Bonchev–Trinajstić information content (AvgIpc) is 2.89. The van der Waals surface area contributed by atoms with Crippen molar-refractivity contribution in [1.29, 1.82) is 0 Å². The quantitative estimate of drug-likeness (QED) is 0.437. The molecule has 0 aromatic heterocycles. The third kappa shape index (κ3) is 0.866. The summed E-state index contributed by atoms with van der Waals surface area (Å²) >= 11 is 0. The molecule has 3 rings (SSSR count). The Bertz CT molecular complexity index is 374. The van der Waals surface area contributed by atoms with Crippen LogP contribution < -0.4 is 0 Å². The number of hydrogen-bond donors (Lipinski definition) is 0. The lowest BCUT2D eigenvalue weighted by Crippen LogP contribution is -2.45. The normalized spacial score (nSPS) is 45.4. The second-order valence-electron chi connectivity index (χ2n) is 4.00. The van der Waals surface area contributed by atoms with Crippen LogP contribution in [0.5, 0.6) is 0 Å². The predicted molar refractivity (Wildman–Crippen MR) is 46.7 cm³/mol. The lowest BCUT2D eigenvalue weighted by Gasteiger charge is -2.23. The summed E-state index contributed by atoms with van der Waals surface area (Å²) in [5.41, 5.74) is -1.22. The summed E-state index contributed by atoms with van der Waals surface area (Å²) in [7, 11) is 1.29. The third-order valence-electron chi connectivity index (χ3n) is 3.35. The van der Waals surface area contributed by atoms with Gasteiger partial charge in [-0.15, -0.1) is 0 Å². The van der Waals surface area contributed by atoms with Crippen LogP contribution in [0.1, 0.15) is 0 Å². The fraction of sp³-hybridized carbons (Fsp3) is 0.600. The molecule has 2 saturated heterocycles. The third-order valence-corrected chi connectivity index (χ3v) is 3.35. The van der Waals surface area contributed by atoms with E-state index in [4.69, 9.17) is 9.47 Å². The number of cyclic esters (lactones) is 1. The molecule has 0 saturated carbocycles. The molecular weight excluding hydrogens is 200 g/mol. The van der Waals surface area contributed by atoms with Crippen molar-refractivity contribution in [3.8, 4) is 0 Å². The van der Waals surface area contributed by atoms with Gasteiger partial charge >= 0.3 is 11.9 Å². The van der Waals surface area contributed by atoms with Crippen LogP contribution in [0, 0.1) is 11.8 Å². The van der Waals surface area contributed by atoms with E-state index in [1.807, 2.05) is 0 Å². The van der Waals surface area contributed by atoms with Gasteiger partial charge in [0, 0.05) is 5.92 Å². The Labute approximate surface area is 86.0 Å². The lowest BCUT2D eigenvalue weighted by atomic mass is 9.77. The first-order valence-corrected chi connectivity index (χ1v) is 4.81. The van der Waals surface area contributed by atoms with Crippen molar-refractivity contribution in [2.24, 2.45) is 11.8 Å². The van der Waals surface area contributed by atoms with Crippen molar-refractivity contribution in [2.45, 2.75) is 11.7 Å². The molecule has 3 aliphatic rings. The summed E-state index contributed by atoms with van der Waals surface area (Å²) in [5, 5.41) is 0. The number of esters is 2. The molecule has 4 atom stereocenters. The molecule has 2 bridgehead atoms. The van der Waals surface area contributed by atoms with Crippen molar-refractivity contribution in [3.63, 3.8) is 0 Å². The van der Waals surface area contributed by atoms with Crippen LogP contribution in [0.2, 0.25) is 0 Å². The molecular formula is C10H10O5. The topological polar surface area (TPSA) is 61.8 Å². The van der Waals surface area contributed by atoms with Crippen molar-refractivity contribution in [1.82, 2.24) is 0 Å². The highest BCUT2D eigenvalue weighted by molar-refractivity contribution is 5.92. The highest BCUT2D eigenvalue weighted by Gasteiger charge is 2.67. The molecule has 3 aliphatic heterocycles. The summed E-state index contributed by atoms with van der Waals surface area (Å²) in [6.07, 6.45) is 3.23. The van der Waals surface area contributed by atoms with Crippen molar-refractivity contribution >= 4 is 11.9 Å². The number of carbonyl (C=O) groups excluding carboxylic acids is 2. The van der Waals surface area contributed by atoms with Gasteiger partial charge in [-0.05, 0) is 6.08 Å². The van der Waals surface area contributed by atoms with Gasteiger partial charge in [-0.1, -0.05) is 6.08 Å². The van der Waals surface area contributed by atoms with E-state index in [-0.39, 0.29) is 18.0 Å². The maximum Gasteiger partial charge on any atom is 0.343 e. The molecule has 0 aromatic rings. The number of hydrogen-bond acceptors (Lipinski definition) is 5. The van der Waals surface area contributed by atoms with Gasteiger partial charge < -0.3 is 14.2 Å². The van der Waals surface area contributed by atoms with Gasteiger partial charge in [-0.25, -0.2) is 4.79 Å². The minimum absolute atomic E-state index is 0.0402. The Morgan fingerprint density at radius 3 is 3.20 bits per heavy atom. The van der Waals surface area contributed by atoms with E-state index in [9.17, 15) is 9.59 Å². The lowest BCUT2D eigenvalue weighted by molar-refractivity contribution is -0.168. The molecule has 0 amide bonds. The van der Waals surface area contributed by atoms with E-state index in [1.54, 1.807) is 12.2 Å². The Balaban J connectivity index is 2.06. The maximum atomic E-state index is 11.7. The molecule has 2 fully saturated rings. The van der Waals surface area contributed by atoms with E-state index in [0.29, 0.717) is 6.61 Å². The molecule has 5 nitrogen and oxygen atoms in total. The molecule has 0 aliphatic carbocycles. The van der Waals surface area contributed by atoms with E-state index in [1.165, 1.54) is 7.11 Å². The largest absolute Gasteiger partial charge is 0.467 e. The van der Waals surface area contributed by atoms with Crippen LogP contribution in [0.25, 0.3) is 0 Å². The van der Waals surface area contributed by atoms with E-state index >= 15 is 0 Å². The SMILES string of the molecule is COC(=O)[C@@]12C=C[C@@H](O1)[C@H]1COC(=O)[C@@H]12. The molecule has 5 heteroatoms. The highest BCUT2D eigenvalue weighted by Crippen LogP contribution is 2.50. The van der Waals surface area contributed by atoms with Crippen LogP contribution in [-0.4, -0.2) is 37.4 Å². The van der Waals surface area contributed by atoms with Crippen LogP contribution in [0.4, 0.5) is 0 Å². The predicted octanol–water partition coefficient (Wildman–Crippen LogP) is -0.344. The van der Waals surface area contributed by atoms with Crippen molar-refractivity contribution in [2.75, 3.05) is 13.7 Å². The molecule has 0 spiro atoms. The first-order chi connectivity index (χ1) is 7.19. The number of rotatable bonds is 1. The average molecular weight is 210 g/mol. The van der Waals surface area contributed by atoms with Gasteiger partial charge in [0.2, 0.25) is 0 Å². The van der Waals surface area contributed by atoms with Gasteiger partial charge in [0.05, 0.1) is 19.8 Å². The van der Waals surface area contributed by atoms with Gasteiger partial charge in [-0.2, -0.15) is 0 Å². The minimum Gasteiger partial charge on any atom is -0.467 e. The zero-order valence-corrected chi connectivity index (χ0v) is 8.14. The second kappa shape index (κ2) is 2.61. The summed E-state index contributed by atoms with van der Waals surface area (Å²) < 4.78 is 15.2. The second-order valence-corrected chi connectivity index (χ2v) is 4.00. The van der Waals surface area contributed by atoms with E-state index in [0.717, 1.165) is 0 Å². The number of carbonyl (C=O) groups is 2. The van der Waals surface area contributed by atoms with Crippen LogP contribution in [0.3, 0.4) is 0 Å². The van der Waals surface area contributed by atoms with Crippen molar-refractivity contribution in [3.05, 3.63) is 12.2 Å². The smallest absolute Gasteiger partial charge is 0.343 e. The zero-order valence-electron chi connectivity index (χ0n) is 8.14. The number of methoxy groups -OCH3 is 1. The highest BCUT2D eigenvalue weighted by atomic mass is 16.6. The van der Waals surface area contributed by atoms with Gasteiger partial charge in [-0.3, -0.25) is 4.79 Å². The Kier molecular flexibility index (Phi) is 1.55. The molecule has 0 aromatic carbocycles. The first kappa shape index (κ1) is 8.91. The monoisotopic (exact) mass is 210 g/mol. The van der Waals surface area contributed by atoms with Gasteiger partial charge in [0.1, 0.15) is 5.92 Å². The minimum atomic E-state index is -1.22. The Morgan fingerprint density at radius 1 is 1.67 bits per heavy atom. The summed E-state index contributed by atoms with van der Waals surface area (Å²) in [4.78, 5) is 23.2. The Morgan fingerprint density at radius 2 is 2.47 bits per heavy atom. The van der Waals surface area contributed by atoms with Gasteiger partial charge in [0.15, 0.2) is 5.60 Å². The number of fused-ring (bicyclic) bond motifs is 5.